The lowest BCUT2D eigenvalue weighted by molar-refractivity contribution is -0.128. The zero-order chi connectivity index (χ0) is 32.7. The van der Waals surface area contributed by atoms with Crippen LogP contribution < -0.4 is 20.5 Å². The monoisotopic (exact) mass is 657 g/mol. The number of benzene rings is 1. The van der Waals surface area contributed by atoms with Crippen LogP contribution in [0.3, 0.4) is 0 Å². The minimum atomic E-state index is -0.765. The predicted molar refractivity (Wildman–Crippen MR) is 184 cm³/mol. The van der Waals surface area contributed by atoms with Gasteiger partial charge in [0.05, 0.1) is 33.0 Å². The number of nitrogens with one attached hydrogen (secondary N) is 1. The van der Waals surface area contributed by atoms with Gasteiger partial charge in [-0.05, 0) is 73.1 Å². The van der Waals surface area contributed by atoms with Gasteiger partial charge in [0.1, 0.15) is 0 Å². The Morgan fingerprint density at radius 3 is 2.36 bits per heavy atom. The molecular weight excluding hydrogens is 594 g/mol. The fraction of sp³-hybridized carbons (Fsp3) is 0.800. The van der Waals surface area contributed by atoms with Crippen LogP contribution in [0.1, 0.15) is 72.8 Å². The number of rotatable bonds is 21. The van der Waals surface area contributed by atoms with Crippen molar-refractivity contribution in [1.29, 1.82) is 0 Å². The highest BCUT2D eigenvalue weighted by molar-refractivity contribution is 5.85. The van der Waals surface area contributed by atoms with Crippen molar-refractivity contribution < 1.29 is 28.8 Å². The van der Waals surface area contributed by atoms with E-state index < -0.39 is 12.1 Å². The van der Waals surface area contributed by atoms with Crippen molar-refractivity contribution >= 4 is 18.3 Å². The molecule has 1 aliphatic heterocycles. The lowest BCUT2D eigenvalue weighted by atomic mass is 9.80. The Hall–Kier alpha value is -1.62. The summed E-state index contributed by atoms with van der Waals surface area (Å²) in [7, 11) is 3.33. The lowest BCUT2D eigenvalue weighted by Crippen LogP contribution is -2.45. The summed E-state index contributed by atoms with van der Waals surface area (Å²) in [6.07, 6.45) is 2.86. The molecule has 1 amide bonds. The van der Waals surface area contributed by atoms with Crippen LogP contribution in [0.5, 0.6) is 11.5 Å². The summed E-state index contributed by atoms with van der Waals surface area (Å²) in [5, 5.41) is 14.4. The third kappa shape index (κ3) is 15.2. The summed E-state index contributed by atoms with van der Waals surface area (Å²) < 4.78 is 22.1. The van der Waals surface area contributed by atoms with Crippen LogP contribution in [0.15, 0.2) is 18.2 Å². The number of hydrogen-bond acceptors (Lipinski definition) is 8. The van der Waals surface area contributed by atoms with Crippen LogP contribution in [0, 0.1) is 29.1 Å². The van der Waals surface area contributed by atoms with E-state index in [2.05, 4.69) is 44.0 Å². The highest BCUT2D eigenvalue weighted by Crippen LogP contribution is 2.32. The van der Waals surface area contributed by atoms with Crippen molar-refractivity contribution in [2.75, 3.05) is 66.8 Å². The second-order valence-corrected chi connectivity index (χ2v) is 14.0. The number of morpholine rings is 1. The molecule has 0 aromatic heterocycles. The maximum atomic E-state index is 13.3. The largest absolute Gasteiger partial charge is 0.493 e. The number of nitrogens with zero attached hydrogens (tertiary/aromatic N) is 1. The van der Waals surface area contributed by atoms with E-state index >= 15 is 0 Å². The maximum Gasteiger partial charge on any atom is 0.223 e. The molecule has 1 heterocycles. The lowest BCUT2D eigenvalue weighted by Gasteiger charge is -2.33. The molecule has 1 aromatic carbocycles. The number of hydrogen-bond donors (Lipinski definition) is 3. The van der Waals surface area contributed by atoms with Crippen molar-refractivity contribution in [2.24, 2.45) is 34.8 Å². The van der Waals surface area contributed by atoms with Crippen molar-refractivity contribution in [3.8, 4) is 11.5 Å². The fourth-order valence-electron chi connectivity index (χ4n) is 5.70. The molecule has 4 N–H and O–H groups in total. The minimum absolute atomic E-state index is 0. The molecule has 9 nitrogen and oxygen atoms in total. The van der Waals surface area contributed by atoms with Crippen molar-refractivity contribution in [2.45, 2.75) is 85.8 Å². The number of aliphatic hydroxyl groups excluding tert-OH is 1. The van der Waals surface area contributed by atoms with E-state index in [1.54, 1.807) is 14.2 Å². The van der Waals surface area contributed by atoms with Gasteiger partial charge >= 0.3 is 0 Å². The highest BCUT2D eigenvalue weighted by Gasteiger charge is 2.31. The summed E-state index contributed by atoms with van der Waals surface area (Å²) in [5.41, 5.74) is 7.75. The van der Waals surface area contributed by atoms with Gasteiger partial charge in [-0.1, -0.05) is 47.6 Å². The molecule has 1 aromatic rings. The Morgan fingerprint density at radius 2 is 1.76 bits per heavy atom. The molecule has 10 heteroatoms. The van der Waals surface area contributed by atoms with E-state index in [1.165, 1.54) is 0 Å². The van der Waals surface area contributed by atoms with Crippen molar-refractivity contribution in [3.63, 3.8) is 0 Å². The van der Waals surface area contributed by atoms with Gasteiger partial charge in [0.2, 0.25) is 5.91 Å². The van der Waals surface area contributed by atoms with Crippen LogP contribution in [0.2, 0.25) is 0 Å². The average molecular weight is 658 g/mol. The van der Waals surface area contributed by atoms with Gasteiger partial charge in [0.15, 0.2) is 11.5 Å². The zero-order valence-corrected chi connectivity index (χ0v) is 30.1. The Balaban J connectivity index is 0.0000101. The number of aliphatic hydroxyl groups is 1. The van der Waals surface area contributed by atoms with Gasteiger partial charge in [-0.3, -0.25) is 9.69 Å². The van der Waals surface area contributed by atoms with Crippen LogP contribution in [0.4, 0.5) is 0 Å². The first-order valence-electron chi connectivity index (χ1n) is 16.7. The predicted octanol–water partition coefficient (Wildman–Crippen LogP) is 4.95. The Labute approximate surface area is 279 Å². The van der Waals surface area contributed by atoms with Crippen molar-refractivity contribution in [3.05, 3.63) is 23.8 Å². The Bertz CT molecular complexity index is 957. The number of amides is 1. The second kappa shape index (κ2) is 21.3. The minimum Gasteiger partial charge on any atom is -0.493 e. The third-order valence-electron chi connectivity index (χ3n) is 9.07. The number of carbonyl (C=O) groups excluding carboxylic acids is 1. The fourth-order valence-corrected chi connectivity index (χ4v) is 5.70. The van der Waals surface area contributed by atoms with Gasteiger partial charge in [0, 0.05) is 51.7 Å². The molecule has 1 fully saturated rings. The van der Waals surface area contributed by atoms with Crippen LogP contribution in [-0.4, -0.2) is 94.9 Å². The molecule has 4 atom stereocenters. The number of ether oxygens (including phenoxy) is 4. The molecule has 0 unspecified atom stereocenters. The molecule has 1 saturated heterocycles. The topological polar surface area (TPSA) is 116 Å². The number of methoxy groups -OCH3 is 2. The smallest absolute Gasteiger partial charge is 0.223 e. The summed E-state index contributed by atoms with van der Waals surface area (Å²) >= 11 is 0. The van der Waals surface area contributed by atoms with E-state index in [0.717, 1.165) is 63.4 Å². The third-order valence-corrected chi connectivity index (χ3v) is 9.07. The van der Waals surface area contributed by atoms with Gasteiger partial charge in [-0.25, -0.2) is 0 Å². The molecule has 262 valence electrons. The molecule has 0 aliphatic carbocycles. The zero-order valence-electron chi connectivity index (χ0n) is 29.3. The molecular formula is C35H64ClN3O6. The summed E-state index contributed by atoms with van der Waals surface area (Å²) in [6.45, 7) is 19.2. The molecule has 0 radical (unpaired) electrons. The number of halogens is 1. The molecule has 0 saturated carbocycles. The maximum absolute atomic E-state index is 13.3. The Morgan fingerprint density at radius 1 is 1.07 bits per heavy atom. The van der Waals surface area contributed by atoms with Crippen LogP contribution >= 0.6 is 12.4 Å². The number of carbonyl (C=O) groups is 1. The van der Waals surface area contributed by atoms with Crippen LogP contribution in [0.25, 0.3) is 0 Å². The van der Waals surface area contributed by atoms with E-state index in [-0.39, 0.29) is 41.5 Å². The standard InChI is InChI=1S/C35H63N3O6.ClH/c1-25(2)28(20-27-10-11-32(42-8)33(21-27)44-17-9-16-41-7)22-30(36)31(39)23-29(26(3)4)34(40)37-24-35(5,6)12-13-38-14-18-43-19-15-38;/h10-11,21,25-26,28-31,39H,9,12-20,22-24,36H2,1-8H3,(H,37,40);1H/t28-,29-,30-,31-;/m0./s1. The molecule has 45 heavy (non-hydrogen) atoms. The summed E-state index contributed by atoms with van der Waals surface area (Å²) in [4.78, 5) is 15.8. The van der Waals surface area contributed by atoms with E-state index in [4.69, 9.17) is 24.7 Å². The number of nitrogens with two attached hydrogens (primary N) is 1. The SMILES string of the molecule is COCCCOc1cc(C[C@@H](C[C@H](N)[C@@H](O)C[C@H](C(=O)NCC(C)(C)CCN2CCOCC2)C(C)C)C(C)C)ccc1OC.Cl. The summed E-state index contributed by atoms with van der Waals surface area (Å²) in [6, 6.07) is 5.64. The van der Waals surface area contributed by atoms with Gasteiger partial charge < -0.3 is 35.1 Å². The van der Waals surface area contributed by atoms with Gasteiger partial charge in [-0.15, -0.1) is 12.4 Å². The van der Waals surface area contributed by atoms with E-state index in [0.29, 0.717) is 44.3 Å². The van der Waals surface area contributed by atoms with Gasteiger partial charge in [0.25, 0.3) is 0 Å². The van der Waals surface area contributed by atoms with Crippen LogP contribution in [-0.2, 0) is 20.7 Å². The van der Waals surface area contributed by atoms with E-state index in [1.807, 2.05) is 26.0 Å². The molecule has 2 rings (SSSR count). The quantitative estimate of drug-likeness (QED) is 0.159. The van der Waals surface area contributed by atoms with E-state index in [9.17, 15) is 9.90 Å². The second-order valence-electron chi connectivity index (χ2n) is 14.0. The average Bonchev–Trinajstić information content (AvgIpc) is 2.99. The van der Waals surface area contributed by atoms with Gasteiger partial charge in [-0.2, -0.15) is 0 Å². The first-order valence-corrected chi connectivity index (χ1v) is 16.7. The summed E-state index contributed by atoms with van der Waals surface area (Å²) in [5.74, 6) is 1.85. The normalized spacial score (nSPS) is 17.0. The highest BCUT2D eigenvalue weighted by atomic mass is 35.5. The first kappa shape index (κ1) is 41.4. The Kier molecular flexibility index (Phi) is 19.6. The molecule has 0 bridgehead atoms. The molecule has 0 spiro atoms. The van der Waals surface area contributed by atoms with Crippen molar-refractivity contribution in [1.82, 2.24) is 10.2 Å². The molecule has 1 aliphatic rings. The first-order chi connectivity index (χ1) is 20.9.